The first-order chi connectivity index (χ1) is 23.7. The van der Waals surface area contributed by atoms with Gasteiger partial charge in [-0.2, -0.15) is 13.2 Å². The molecule has 2 fully saturated rings. The molecule has 3 aromatic rings. The highest BCUT2D eigenvalue weighted by Gasteiger charge is 2.49. The second-order valence-corrected chi connectivity index (χ2v) is 13.5. The smallest absolute Gasteiger partial charge is 0.416 e. The molecule has 0 aromatic heterocycles. The Hall–Kier alpha value is -5.00. The lowest BCUT2D eigenvalue weighted by atomic mass is 9.81. The largest absolute Gasteiger partial charge is 0.493 e. The van der Waals surface area contributed by atoms with E-state index in [1.165, 1.54) is 21.9 Å². The molecule has 12 heteroatoms. The summed E-state index contributed by atoms with van der Waals surface area (Å²) in [6, 6.07) is 14.6. The molecule has 6 rings (SSSR count). The van der Waals surface area contributed by atoms with Crippen molar-refractivity contribution in [2.24, 2.45) is 0 Å². The van der Waals surface area contributed by atoms with Gasteiger partial charge < -0.3 is 24.7 Å². The molecule has 0 radical (unpaired) electrons. The summed E-state index contributed by atoms with van der Waals surface area (Å²) in [6.07, 6.45) is -5.00. The van der Waals surface area contributed by atoms with Crippen LogP contribution in [0.1, 0.15) is 58.2 Å². The van der Waals surface area contributed by atoms with E-state index in [9.17, 15) is 37.8 Å². The Bertz CT molecular complexity index is 1840. The van der Waals surface area contributed by atoms with Crippen LogP contribution in [0.4, 0.5) is 22.8 Å². The van der Waals surface area contributed by atoms with Gasteiger partial charge >= 0.3 is 18.4 Å². The van der Waals surface area contributed by atoms with Gasteiger partial charge in [0.2, 0.25) is 0 Å². The van der Waals surface area contributed by atoms with Crippen molar-refractivity contribution in [3.05, 3.63) is 105 Å². The molecule has 2 atom stereocenters. The Morgan fingerprint density at radius 2 is 1.64 bits per heavy atom. The number of carboxylic acid groups (broad SMARTS) is 2. The van der Waals surface area contributed by atoms with Gasteiger partial charge in [-0.05, 0) is 97.2 Å². The van der Waals surface area contributed by atoms with Gasteiger partial charge in [-0.25, -0.2) is 9.59 Å². The molecule has 50 heavy (non-hydrogen) atoms. The van der Waals surface area contributed by atoms with Crippen molar-refractivity contribution in [3.8, 4) is 5.75 Å². The second kappa shape index (κ2) is 13.7. The van der Waals surface area contributed by atoms with E-state index in [1.807, 2.05) is 51.1 Å². The highest BCUT2D eigenvalue weighted by molar-refractivity contribution is 6.04. The van der Waals surface area contributed by atoms with Crippen LogP contribution < -0.4 is 4.74 Å². The lowest BCUT2D eigenvalue weighted by Crippen LogP contribution is -2.65. The number of hydrogen-bond donors (Lipinski definition) is 2. The average Bonchev–Trinajstić information content (AvgIpc) is 3.90. The van der Waals surface area contributed by atoms with Crippen LogP contribution in [0.25, 0.3) is 5.57 Å². The molecule has 1 saturated carbocycles. The van der Waals surface area contributed by atoms with Crippen molar-refractivity contribution in [1.82, 2.24) is 14.7 Å². The third kappa shape index (κ3) is 7.29. The fraction of sp³-hybridized carbons (Fsp3) is 0.395. The fourth-order valence-electron chi connectivity index (χ4n) is 7.15. The number of rotatable bonds is 9. The first kappa shape index (κ1) is 34.8. The molecular formula is C38H40F3N3O6. The van der Waals surface area contributed by atoms with Gasteiger partial charge in [-0.15, -0.1) is 0 Å². The van der Waals surface area contributed by atoms with Crippen LogP contribution in [0.15, 0.2) is 66.2 Å². The minimum absolute atomic E-state index is 0.0487. The van der Waals surface area contributed by atoms with Gasteiger partial charge in [-0.1, -0.05) is 42.5 Å². The van der Waals surface area contributed by atoms with Crippen LogP contribution in [0.2, 0.25) is 0 Å². The number of amides is 3. The summed E-state index contributed by atoms with van der Waals surface area (Å²) in [5.74, 6) is 0.341. The molecule has 0 unspecified atom stereocenters. The molecule has 2 N–H and O–H groups in total. The van der Waals surface area contributed by atoms with Crippen LogP contribution >= 0.6 is 0 Å². The lowest BCUT2D eigenvalue weighted by Gasteiger charge is -2.49. The highest BCUT2D eigenvalue weighted by atomic mass is 19.4. The molecule has 1 aliphatic carbocycles. The summed E-state index contributed by atoms with van der Waals surface area (Å²) in [5, 5.41) is 20.2. The summed E-state index contributed by atoms with van der Waals surface area (Å²) >= 11 is 0. The van der Waals surface area contributed by atoms with Crippen molar-refractivity contribution >= 4 is 23.7 Å². The molecule has 3 amide bonds. The third-order valence-corrected chi connectivity index (χ3v) is 9.94. The van der Waals surface area contributed by atoms with E-state index in [4.69, 9.17) is 4.74 Å². The highest BCUT2D eigenvalue weighted by Crippen LogP contribution is 2.41. The molecule has 264 valence electrons. The molecule has 2 bridgehead atoms. The maximum Gasteiger partial charge on any atom is 0.416 e. The van der Waals surface area contributed by atoms with E-state index in [2.05, 4.69) is 6.07 Å². The van der Waals surface area contributed by atoms with Crippen LogP contribution in [-0.4, -0.2) is 80.8 Å². The van der Waals surface area contributed by atoms with Crippen LogP contribution in [0.3, 0.4) is 0 Å². The van der Waals surface area contributed by atoms with Crippen LogP contribution in [-0.2, 0) is 23.9 Å². The summed E-state index contributed by atoms with van der Waals surface area (Å²) in [6.45, 7) is 6.15. The molecule has 3 aliphatic rings. The summed E-state index contributed by atoms with van der Waals surface area (Å²) < 4.78 is 46.7. The number of nitrogens with zero attached hydrogens (tertiary/aromatic N) is 3. The van der Waals surface area contributed by atoms with Crippen LogP contribution in [0.5, 0.6) is 5.75 Å². The van der Waals surface area contributed by atoms with E-state index >= 15 is 0 Å². The van der Waals surface area contributed by atoms with E-state index in [1.54, 1.807) is 0 Å². The first-order valence-corrected chi connectivity index (χ1v) is 16.7. The number of benzene rings is 3. The number of halogens is 3. The Morgan fingerprint density at radius 3 is 2.28 bits per heavy atom. The Balaban J connectivity index is 1.33. The normalized spacial score (nSPS) is 19.0. The van der Waals surface area contributed by atoms with Crippen molar-refractivity contribution in [2.75, 3.05) is 19.7 Å². The number of piperazine rings is 1. The second-order valence-electron chi connectivity index (χ2n) is 13.5. The average molecular weight is 692 g/mol. The number of carbonyl (C=O) groups excluding carboxylic acids is 1. The topological polar surface area (TPSA) is 111 Å². The molecular weight excluding hydrogens is 651 g/mol. The maximum absolute atomic E-state index is 14.7. The summed E-state index contributed by atoms with van der Waals surface area (Å²) in [7, 11) is 0. The molecule has 9 nitrogen and oxygen atoms in total. The molecule has 1 saturated heterocycles. The van der Waals surface area contributed by atoms with E-state index in [-0.39, 0.29) is 37.7 Å². The van der Waals surface area contributed by atoms with Gasteiger partial charge in [0.1, 0.15) is 5.75 Å². The summed E-state index contributed by atoms with van der Waals surface area (Å²) in [4.78, 5) is 43.2. The van der Waals surface area contributed by atoms with Crippen molar-refractivity contribution in [1.29, 1.82) is 0 Å². The maximum atomic E-state index is 14.7. The lowest BCUT2D eigenvalue weighted by molar-refractivity contribution is -0.137. The minimum Gasteiger partial charge on any atom is -0.493 e. The Labute approximate surface area is 288 Å². The molecule has 2 aliphatic heterocycles. The number of aryl methyl sites for hydroxylation is 2. The van der Waals surface area contributed by atoms with Crippen molar-refractivity contribution < 1.29 is 42.5 Å². The number of carbonyl (C=O) groups is 3. The van der Waals surface area contributed by atoms with E-state index in [0.717, 1.165) is 45.0 Å². The van der Waals surface area contributed by atoms with Crippen LogP contribution in [0, 0.1) is 20.8 Å². The number of alkyl halides is 3. The van der Waals surface area contributed by atoms with Gasteiger partial charge in [0.25, 0.3) is 5.91 Å². The predicted molar refractivity (Wildman–Crippen MR) is 180 cm³/mol. The van der Waals surface area contributed by atoms with E-state index in [0.29, 0.717) is 42.6 Å². The Kier molecular flexibility index (Phi) is 9.56. The number of hydrogen-bond acceptors (Lipinski definition) is 4. The zero-order chi connectivity index (χ0) is 35.9. The van der Waals surface area contributed by atoms with Gasteiger partial charge in [0, 0.05) is 37.7 Å². The zero-order valence-electron chi connectivity index (χ0n) is 28.2. The Morgan fingerprint density at radius 1 is 0.920 bits per heavy atom. The quantitative estimate of drug-likeness (QED) is 0.244. The third-order valence-electron chi connectivity index (χ3n) is 9.94. The molecule has 3 aromatic carbocycles. The van der Waals surface area contributed by atoms with Crippen molar-refractivity contribution in [3.63, 3.8) is 0 Å². The molecule has 0 spiro atoms. The fourth-order valence-corrected chi connectivity index (χ4v) is 7.15. The molecule has 2 heterocycles. The standard InChI is InChI=1S/C38H40F3N3O6/c1-22-15-23(2)24(3)33(16-22)50-14-13-25-7-9-27(10-8-25)31-18-30-20-42(36(46)47)21-32(44(30)37(48)49)34(31)35(45)43(29-11-12-29)19-26-5-4-6-28(17-26)38(39,40)41/h4-10,15-17,29-30,32H,11-14,18-21H2,1-3H3,(H,46,47)(H,48,49)/t30-,32-/m1/s1. The number of fused-ring (bicyclic) bond motifs is 2. The predicted octanol–water partition coefficient (Wildman–Crippen LogP) is 7.31. The monoisotopic (exact) mass is 691 g/mol. The van der Waals surface area contributed by atoms with Crippen molar-refractivity contribution in [2.45, 2.75) is 77.3 Å². The minimum atomic E-state index is -4.56. The van der Waals surface area contributed by atoms with Gasteiger partial charge in [0.15, 0.2) is 0 Å². The zero-order valence-corrected chi connectivity index (χ0v) is 28.2. The van der Waals surface area contributed by atoms with Gasteiger partial charge in [0.05, 0.1) is 24.3 Å². The summed E-state index contributed by atoms with van der Waals surface area (Å²) in [5.41, 5.74) is 5.32. The van der Waals surface area contributed by atoms with Gasteiger partial charge in [-0.3, -0.25) is 9.69 Å². The number of ether oxygens (including phenoxy) is 1. The SMILES string of the molecule is Cc1cc(C)c(C)c(OCCc2ccc(C3=C(C(=O)N(Cc4cccc(C(F)(F)F)c4)C4CC4)[C@H]4CN(C(=O)O)C[C@@H](C3)N4C(=O)O)cc2)c1. The van der Waals surface area contributed by atoms with E-state index < -0.39 is 41.9 Å². The first-order valence-electron chi connectivity index (χ1n) is 16.7.